The Balaban J connectivity index is 1.69. The van der Waals surface area contributed by atoms with Crippen molar-refractivity contribution in [2.45, 2.75) is 57.5 Å². The highest BCUT2D eigenvalue weighted by Gasteiger charge is 2.35. The van der Waals surface area contributed by atoms with Gasteiger partial charge in [-0.25, -0.2) is 4.79 Å². The molecule has 0 aliphatic carbocycles. The Morgan fingerprint density at radius 3 is 2.31 bits per heavy atom. The highest BCUT2D eigenvalue weighted by molar-refractivity contribution is 7.91. The van der Waals surface area contributed by atoms with Crippen molar-refractivity contribution < 1.29 is 32.0 Å². The Hall–Kier alpha value is -2.47. The molecule has 1 heterocycles. The first-order valence-corrected chi connectivity index (χ1v) is 14.2. The van der Waals surface area contributed by atoms with Crippen LogP contribution in [0.2, 0.25) is 5.02 Å². The molecule has 214 valence electrons. The van der Waals surface area contributed by atoms with Crippen LogP contribution in [-0.4, -0.2) is 63.9 Å². The Morgan fingerprint density at radius 1 is 1.05 bits per heavy atom. The van der Waals surface area contributed by atoms with Gasteiger partial charge in [0.2, 0.25) is 0 Å². The van der Waals surface area contributed by atoms with E-state index in [0.717, 1.165) is 6.07 Å². The zero-order valence-electron chi connectivity index (χ0n) is 22.4. The molecule has 0 aromatic heterocycles. The van der Waals surface area contributed by atoms with Gasteiger partial charge >= 0.3 is 12.3 Å². The molecule has 2 amide bonds. The van der Waals surface area contributed by atoms with Gasteiger partial charge in [-0.05, 0) is 74.8 Å². The topological polar surface area (TPSA) is 84.9 Å². The van der Waals surface area contributed by atoms with E-state index in [4.69, 9.17) is 16.3 Å². The number of amides is 2. The predicted molar refractivity (Wildman–Crippen MR) is 144 cm³/mol. The van der Waals surface area contributed by atoms with E-state index in [2.05, 4.69) is 5.32 Å². The monoisotopic (exact) mass is 587 g/mol. The van der Waals surface area contributed by atoms with Gasteiger partial charge in [-0.1, -0.05) is 17.7 Å². The van der Waals surface area contributed by atoms with E-state index in [1.54, 1.807) is 50.8 Å². The van der Waals surface area contributed by atoms with Crippen molar-refractivity contribution in [1.29, 1.82) is 0 Å². The molecule has 1 saturated heterocycles. The zero-order valence-corrected chi connectivity index (χ0v) is 23.9. The summed E-state index contributed by atoms with van der Waals surface area (Å²) in [7, 11) is 0. The average molecular weight is 588 g/mol. The number of alkyl halides is 3. The minimum Gasteiger partial charge on any atom is -0.611 e. The predicted octanol–water partition coefficient (Wildman–Crippen LogP) is 5.47. The number of ether oxygens (including phenoxy) is 1. The molecule has 2 aromatic rings. The highest BCUT2D eigenvalue weighted by atomic mass is 35.5. The number of nitrogens with one attached hydrogen (secondary N) is 1. The van der Waals surface area contributed by atoms with Crippen molar-refractivity contribution >= 4 is 34.8 Å². The van der Waals surface area contributed by atoms with Crippen LogP contribution in [0.3, 0.4) is 0 Å². The Morgan fingerprint density at radius 2 is 1.72 bits per heavy atom. The summed E-state index contributed by atoms with van der Waals surface area (Å²) in [4.78, 5) is 28.9. The molecular formula is C27H33ClF3N3O4S. The Bertz CT molecular complexity index is 1180. The van der Waals surface area contributed by atoms with Crippen molar-refractivity contribution in [3.8, 4) is 0 Å². The van der Waals surface area contributed by atoms with E-state index in [1.807, 2.05) is 4.90 Å². The zero-order chi connectivity index (χ0) is 29.0. The second-order valence-electron chi connectivity index (χ2n) is 10.2. The Labute approximate surface area is 234 Å². The van der Waals surface area contributed by atoms with E-state index in [-0.39, 0.29) is 24.2 Å². The summed E-state index contributed by atoms with van der Waals surface area (Å²) in [6.07, 6.45) is -5.11. The van der Waals surface area contributed by atoms with E-state index in [0.29, 0.717) is 47.4 Å². The van der Waals surface area contributed by atoms with Crippen molar-refractivity contribution in [2.24, 2.45) is 0 Å². The summed E-state index contributed by atoms with van der Waals surface area (Å²) in [5.41, 5.74) is -1.08. The van der Waals surface area contributed by atoms with Gasteiger partial charge in [0, 0.05) is 55.4 Å². The quantitative estimate of drug-likeness (QED) is 0.434. The molecule has 12 heteroatoms. The van der Waals surface area contributed by atoms with E-state index in [9.17, 15) is 27.3 Å². The maximum Gasteiger partial charge on any atom is 0.416 e. The fourth-order valence-corrected chi connectivity index (χ4v) is 5.27. The molecule has 3 rings (SSSR count). The first kappa shape index (κ1) is 31.1. The number of carbonyl (C=O) groups excluding carboxylic acids is 2. The number of hydrogen-bond donors (Lipinski definition) is 1. The van der Waals surface area contributed by atoms with Crippen LogP contribution in [0.15, 0.2) is 41.3 Å². The van der Waals surface area contributed by atoms with Gasteiger partial charge in [0.15, 0.2) is 4.90 Å². The van der Waals surface area contributed by atoms with Crippen LogP contribution >= 0.6 is 11.6 Å². The maximum absolute atomic E-state index is 14.0. The SMILES string of the molecule is CC[S+]([O-])c1ccc(Cl)cc1CNC(=O)c1ccc(CN2CCN(C(=O)OC(C)(C)C)CC2)c(C(F)(F)F)c1. The lowest BCUT2D eigenvalue weighted by atomic mass is 10.0. The number of hydrogen-bond acceptors (Lipinski definition) is 5. The number of nitrogens with zero attached hydrogens (tertiary/aromatic N) is 2. The van der Waals surface area contributed by atoms with Crippen LogP contribution < -0.4 is 5.32 Å². The third-order valence-corrected chi connectivity index (χ3v) is 7.71. The van der Waals surface area contributed by atoms with Gasteiger partial charge in [0.25, 0.3) is 5.91 Å². The lowest BCUT2D eigenvalue weighted by molar-refractivity contribution is -0.138. The molecule has 1 unspecified atom stereocenters. The molecule has 0 radical (unpaired) electrons. The van der Waals surface area contributed by atoms with Gasteiger partial charge in [0.05, 0.1) is 5.56 Å². The number of benzene rings is 2. The van der Waals surface area contributed by atoms with Gasteiger partial charge in [0.1, 0.15) is 11.4 Å². The fraction of sp³-hybridized carbons (Fsp3) is 0.481. The summed E-state index contributed by atoms with van der Waals surface area (Å²) in [5.74, 6) is -0.319. The molecule has 0 bridgehead atoms. The summed E-state index contributed by atoms with van der Waals surface area (Å²) in [5, 5.41) is 3.01. The summed E-state index contributed by atoms with van der Waals surface area (Å²) in [6.45, 7) is 8.51. The van der Waals surface area contributed by atoms with Crippen molar-refractivity contribution in [3.63, 3.8) is 0 Å². The van der Waals surface area contributed by atoms with Crippen LogP contribution in [0.25, 0.3) is 0 Å². The normalized spacial score (nSPS) is 15.7. The molecule has 1 fully saturated rings. The summed E-state index contributed by atoms with van der Waals surface area (Å²) < 4.78 is 59.6. The third kappa shape index (κ3) is 8.76. The van der Waals surface area contributed by atoms with Gasteiger partial charge < -0.3 is 19.5 Å². The molecule has 0 spiro atoms. The van der Waals surface area contributed by atoms with Crippen molar-refractivity contribution in [3.05, 3.63) is 63.7 Å². The minimum atomic E-state index is -4.66. The molecule has 1 N–H and O–H groups in total. The number of halogens is 4. The fourth-order valence-electron chi connectivity index (χ4n) is 4.12. The summed E-state index contributed by atoms with van der Waals surface area (Å²) in [6, 6.07) is 8.33. The Kier molecular flexibility index (Phi) is 10.2. The van der Waals surface area contributed by atoms with Crippen LogP contribution in [0.1, 0.15) is 54.7 Å². The second kappa shape index (κ2) is 12.8. The third-order valence-electron chi connectivity index (χ3n) is 6.06. The van der Waals surface area contributed by atoms with Crippen LogP contribution in [0.5, 0.6) is 0 Å². The number of rotatable bonds is 7. The van der Waals surface area contributed by atoms with Crippen LogP contribution in [-0.2, 0) is 35.2 Å². The number of piperazine rings is 1. The molecule has 0 saturated carbocycles. The smallest absolute Gasteiger partial charge is 0.416 e. The molecule has 39 heavy (non-hydrogen) atoms. The molecular weight excluding hydrogens is 555 g/mol. The largest absolute Gasteiger partial charge is 0.611 e. The first-order valence-electron chi connectivity index (χ1n) is 12.5. The molecule has 1 atom stereocenters. The van der Waals surface area contributed by atoms with Crippen molar-refractivity contribution in [2.75, 3.05) is 31.9 Å². The maximum atomic E-state index is 14.0. The molecule has 2 aromatic carbocycles. The van der Waals surface area contributed by atoms with Gasteiger partial charge in [-0.2, -0.15) is 13.2 Å². The van der Waals surface area contributed by atoms with E-state index < -0.39 is 40.5 Å². The lowest BCUT2D eigenvalue weighted by Gasteiger charge is -2.36. The second-order valence-corrected chi connectivity index (χ2v) is 12.3. The molecule has 1 aliphatic rings. The van der Waals surface area contributed by atoms with Gasteiger partial charge in [-0.15, -0.1) is 0 Å². The molecule has 1 aliphatic heterocycles. The van der Waals surface area contributed by atoms with Crippen LogP contribution in [0.4, 0.5) is 18.0 Å². The number of carbonyl (C=O) groups is 2. The van der Waals surface area contributed by atoms with Gasteiger partial charge in [-0.3, -0.25) is 9.69 Å². The lowest BCUT2D eigenvalue weighted by Crippen LogP contribution is -2.49. The van der Waals surface area contributed by atoms with E-state index >= 15 is 0 Å². The minimum absolute atomic E-state index is 0.0214. The van der Waals surface area contributed by atoms with Crippen molar-refractivity contribution in [1.82, 2.24) is 15.1 Å². The highest BCUT2D eigenvalue weighted by Crippen LogP contribution is 2.33. The van der Waals surface area contributed by atoms with E-state index in [1.165, 1.54) is 12.1 Å². The first-order chi connectivity index (χ1) is 18.2. The van der Waals surface area contributed by atoms with Crippen LogP contribution in [0, 0.1) is 0 Å². The summed E-state index contributed by atoms with van der Waals surface area (Å²) >= 11 is 4.75. The molecule has 7 nitrogen and oxygen atoms in total. The standard InChI is InChI=1S/C27H33ClF3N3O4S/c1-5-39(37)23-9-8-21(28)14-20(23)16-32-24(35)18-6-7-19(22(15-18)27(29,30)31)17-33-10-12-34(13-11-33)25(36)38-26(2,3)4/h6-9,14-15H,5,10-13,16-17H2,1-4H3,(H,32,35). The average Bonchev–Trinajstić information content (AvgIpc) is 2.86.